The number of halogens is 1. The van der Waals surface area contributed by atoms with Gasteiger partial charge in [0.15, 0.2) is 5.82 Å². The molecule has 1 aromatic carbocycles. The molecule has 1 aliphatic heterocycles. The molecule has 1 amide bonds. The van der Waals surface area contributed by atoms with Crippen molar-refractivity contribution in [1.82, 2.24) is 14.9 Å². The van der Waals surface area contributed by atoms with Gasteiger partial charge in [-0.3, -0.25) is 4.79 Å². The highest BCUT2D eigenvalue weighted by Crippen LogP contribution is 2.24. The molecule has 2 heterocycles. The number of nitrogens with one attached hydrogen (secondary N) is 1. The molecule has 1 fully saturated rings. The Hall–Kier alpha value is -2.34. The number of amides is 1. The highest BCUT2D eigenvalue weighted by Gasteiger charge is 2.32. The Morgan fingerprint density at radius 1 is 1.38 bits per heavy atom. The first-order chi connectivity index (χ1) is 11.6. The summed E-state index contributed by atoms with van der Waals surface area (Å²) >= 11 is 6.09. The number of anilines is 1. The molecule has 0 aliphatic carbocycles. The number of hydrogen-bond donors (Lipinski definition) is 1. The van der Waals surface area contributed by atoms with E-state index < -0.39 is 0 Å². The van der Waals surface area contributed by atoms with Crippen molar-refractivity contribution in [2.75, 3.05) is 19.0 Å². The number of carbonyl (C=O) groups excluding carboxylic acids is 1. The minimum absolute atomic E-state index is 0.0456. The standard InChI is InChI=1S/C17H19ClN4O2/c1-11-3-5-12(6-4-11)10-22-8-7-14(16(22)23)20-15-13(18)9-19-17(21-15)24-2/h3-6,9,14H,7-8,10H2,1-2H3,(H,19,20,21). The van der Waals surface area contributed by atoms with E-state index in [2.05, 4.69) is 39.6 Å². The van der Waals surface area contributed by atoms with E-state index in [1.165, 1.54) is 18.9 Å². The Labute approximate surface area is 145 Å². The normalized spacial score (nSPS) is 17.2. The Balaban J connectivity index is 1.67. The summed E-state index contributed by atoms with van der Waals surface area (Å²) in [5.74, 6) is 0.461. The van der Waals surface area contributed by atoms with E-state index in [1.807, 2.05) is 11.8 Å². The van der Waals surface area contributed by atoms with Crippen LogP contribution in [0, 0.1) is 6.92 Å². The van der Waals surface area contributed by atoms with Crippen LogP contribution >= 0.6 is 11.6 Å². The van der Waals surface area contributed by atoms with Gasteiger partial charge in [-0.1, -0.05) is 41.4 Å². The number of likely N-dealkylation sites (tertiary alicyclic amines) is 1. The SMILES string of the molecule is COc1ncc(Cl)c(NC2CCN(Cc3ccc(C)cc3)C2=O)n1. The minimum Gasteiger partial charge on any atom is -0.467 e. The van der Waals surface area contributed by atoms with E-state index in [0.717, 1.165) is 5.56 Å². The zero-order valence-electron chi connectivity index (χ0n) is 13.6. The second-order valence-corrected chi connectivity index (χ2v) is 6.19. The quantitative estimate of drug-likeness (QED) is 0.901. The fourth-order valence-electron chi connectivity index (χ4n) is 2.66. The van der Waals surface area contributed by atoms with Crippen LogP contribution in [0.4, 0.5) is 5.82 Å². The van der Waals surface area contributed by atoms with Gasteiger partial charge < -0.3 is 15.0 Å². The van der Waals surface area contributed by atoms with E-state index in [-0.39, 0.29) is 18.0 Å². The van der Waals surface area contributed by atoms with Crippen molar-refractivity contribution in [3.8, 4) is 6.01 Å². The zero-order valence-corrected chi connectivity index (χ0v) is 14.4. The summed E-state index contributed by atoms with van der Waals surface area (Å²) in [5, 5.41) is 3.47. The van der Waals surface area contributed by atoms with Crippen molar-refractivity contribution in [2.24, 2.45) is 0 Å². The number of ether oxygens (including phenoxy) is 1. The molecular weight excluding hydrogens is 328 g/mol. The van der Waals surface area contributed by atoms with Gasteiger partial charge in [-0.05, 0) is 18.9 Å². The largest absolute Gasteiger partial charge is 0.467 e. The molecule has 1 saturated heterocycles. The number of benzene rings is 1. The maximum atomic E-state index is 12.6. The molecule has 1 unspecified atom stereocenters. The molecule has 0 radical (unpaired) electrons. The van der Waals surface area contributed by atoms with Gasteiger partial charge >= 0.3 is 6.01 Å². The molecule has 3 rings (SSSR count). The van der Waals surface area contributed by atoms with Gasteiger partial charge in [0.2, 0.25) is 5.91 Å². The third-order valence-electron chi connectivity index (χ3n) is 4.01. The Morgan fingerprint density at radius 2 is 2.12 bits per heavy atom. The summed E-state index contributed by atoms with van der Waals surface area (Å²) in [7, 11) is 1.48. The molecule has 0 bridgehead atoms. The first-order valence-corrected chi connectivity index (χ1v) is 8.12. The molecule has 1 atom stereocenters. The van der Waals surface area contributed by atoms with Gasteiger partial charge in [0, 0.05) is 13.1 Å². The molecule has 0 spiro atoms. The Kier molecular flexibility index (Phi) is 4.85. The van der Waals surface area contributed by atoms with Crippen LogP contribution in [0.15, 0.2) is 30.5 Å². The first-order valence-electron chi connectivity index (χ1n) is 7.74. The lowest BCUT2D eigenvalue weighted by atomic mass is 10.1. The predicted molar refractivity (Wildman–Crippen MR) is 92.2 cm³/mol. The molecule has 1 aliphatic rings. The molecule has 1 aromatic heterocycles. The predicted octanol–water partition coefficient (Wildman–Crippen LogP) is 2.66. The maximum Gasteiger partial charge on any atom is 0.318 e. The van der Waals surface area contributed by atoms with Crippen LogP contribution in [-0.2, 0) is 11.3 Å². The molecule has 7 heteroatoms. The average molecular weight is 347 g/mol. The van der Waals surface area contributed by atoms with Crippen molar-refractivity contribution >= 4 is 23.3 Å². The lowest BCUT2D eigenvalue weighted by Crippen LogP contribution is -2.33. The molecule has 2 aromatic rings. The lowest BCUT2D eigenvalue weighted by Gasteiger charge is -2.18. The van der Waals surface area contributed by atoms with Crippen molar-refractivity contribution in [3.63, 3.8) is 0 Å². The summed E-state index contributed by atoms with van der Waals surface area (Å²) in [4.78, 5) is 22.5. The van der Waals surface area contributed by atoms with Crippen LogP contribution < -0.4 is 10.1 Å². The number of hydrogen-bond acceptors (Lipinski definition) is 5. The van der Waals surface area contributed by atoms with Gasteiger partial charge in [0.25, 0.3) is 0 Å². The fraction of sp³-hybridized carbons (Fsp3) is 0.353. The molecular formula is C17H19ClN4O2. The van der Waals surface area contributed by atoms with Crippen LogP contribution in [0.25, 0.3) is 0 Å². The van der Waals surface area contributed by atoms with Crippen LogP contribution in [0.5, 0.6) is 6.01 Å². The smallest absolute Gasteiger partial charge is 0.318 e. The van der Waals surface area contributed by atoms with Crippen LogP contribution in [0.1, 0.15) is 17.5 Å². The third-order valence-corrected chi connectivity index (χ3v) is 4.28. The van der Waals surface area contributed by atoms with E-state index in [1.54, 1.807) is 0 Å². The summed E-state index contributed by atoms with van der Waals surface area (Å²) in [6.07, 6.45) is 2.16. The Morgan fingerprint density at radius 3 is 2.83 bits per heavy atom. The number of aryl methyl sites for hydroxylation is 1. The van der Waals surface area contributed by atoms with Gasteiger partial charge in [-0.2, -0.15) is 4.98 Å². The number of rotatable bonds is 5. The number of carbonyl (C=O) groups is 1. The van der Waals surface area contributed by atoms with Gasteiger partial charge in [0.05, 0.1) is 13.3 Å². The van der Waals surface area contributed by atoms with Gasteiger partial charge in [0.1, 0.15) is 11.1 Å². The minimum atomic E-state index is -0.340. The maximum absolute atomic E-state index is 12.6. The molecule has 126 valence electrons. The van der Waals surface area contributed by atoms with Gasteiger partial charge in [-0.15, -0.1) is 0 Å². The first kappa shape index (κ1) is 16.5. The van der Waals surface area contributed by atoms with E-state index in [9.17, 15) is 4.79 Å². The summed E-state index contributed by atoms with van der Waals surface area (Å²) in [6.45, 7) is 3.35. The van der Waals surface area contributed by atoms with Gasteiger partial charge in [-0.25, -0.2) is 4.98 Å². The number of nitrogens with zero attached hydrogens (tertiary/aromatic N) is 3. The molecule has 6 nitrogen and oxygen atoms in total. The van der Waals surface area contributed by atoms with E-state index >= 15 is 0 Å². The lowest BCUT2D eigenvalue weighted by molar-refractivity contribution is -0.128. The Bertz CT molecular complexity index is 736. The van der Waals surface area contributed by atoms with E-state index in [4.69, 9.17) is 16.3 Å². The summed E-state index contributed by atoms with van der Waals surface area (Å²) < 4.78 is 4.99. The molecule has 24 heavy (non-hydrogen) atoms. The third kappa shape index (κ3) is 3.59. The highest BCUT2D eigenvalue weighted by molar-refractivity contribution is 6.32. The molecule has 0 saturated carbocycles. The van der Waals surface area contributed by atoms with Crippen molar-refractivity contribution in [2.45, 2.75) is 25.9 Å². The van der Waals surface area contributed by atoms with Crippen LogP contribution in [0.2, 0.25) is 5.02 Å². The number of methoxy groups -OCH3 is 1. The van der Waals surface area contributed by atoms with Crippen molar-refractivity contribution in [3.05, 3.63) is 46.6 Å². The average Bonchev–Trinajstić information content (AvgIpc) is 2.92. The second kappa shape index (κ2) is 7.05. The zero-order chi connectivity index (χ0) is 17.1. The van der Waals surface area contributed by atoms with E-state index in [0.29, 0.717) is 30.4 Å². The van der Waals surface area contributed by atoms with Crippen LogP contribution in [-0.4, -0.2) is 40.5 Å². The highest BCUT2D eigenvalue weighted by atomic mass is 35.5. The summed E-state index contributed by atoms with van der Waals surface area (Å²) in [6, 6.07) is 8.08. The monoisotopic (exact) mass is 346 g/mol. The second-order valence-electron chi connectivity index (χ2n) is 5.78. The molecule has 1 N–H and O–H groups in total. The van der Waals surface area contributed by atoms with Crippen molar-refractivity contribution < 1.29 is 9.53 Å². The van der Waals surface area contributed by atoms with Crippen LogP contribution in [0.3, 0.4) is 0 Å². The topological polar surface area (TPSA) is 67.3 Å². The van der Waals surface area contributed by atoms with Crippen molar-refractivity contribution in [1.29, 1.82) is 0 Å². The fourth-order valence-corrected chi connectivity index (χ4v) is 2.80. The number of aromatic nitrogens is 2. The summed E-state index contributed by atoms with van der Waals surface area (Å²) in [5.41, 5.74) is 2.33.